The van der Waals surface area contributed by atoms with Gasteiger partial charge in [-0.15, -0.1) is 0 Å². The first kappa shape index (κ1) is 15.3. The largest absolute Gasteiger partial charge is 0.365 e. The summed E-state index contributed by atoms with van der Waals surface area (Å²) in [4.78, 5) is 27.4. The predicted molar refractivity (Wildman–Crippen MR) is 79.2 cm³/mol. The number of hydrogen-bond acceptors (Lipinski definition) is 5. The van der Waals surface area contributed by atoms with Gasteiger partial charge < -0.3 is 20.9 Å². The van der Waals surface area contributed by atoms with Crippen molar-refractivity contribution in [2.75, 3.05) is 44.7 Å². The predicted octanol–water partition coefficient (Wildman–Crippen LogP) is -1.30. The third-order valence-corrected chi connectivity index (χ3v) is 3.64. The third-order valence-electron chi connectivity index (χ3n) is 3.64. The molecule has 1 aliphatic rings. The number of rotatable bonds is 4. The van der Waals surface area contributed by atoms with E-state index in [0.29, 0.717) is 30.2 Å². The molecule has 0 saturated carbocycles. The number of nitrogens with one attached hydrogen (secondary N) is 1. The van der Waals surface area contributed by atoms with Gasteiger partial charge in [0, 0.05) is 40.3 Å². The molecule has 1 aromatic rings. The molecular weight excluding hydrogens is 272 g/mol. The van der Waals surface area contributed by atoms with Crippen molar-refractivity contribution in [1.29, 1.82) is 0 Å². The van der Waals surface area contributed by atoms with Gasteiger partial charge in [0.15, 0.2) is 0 Å². The first-order valence-electron chi connectivity index (χ1n) is 6.95. The lowest BCUT2D eigenvalue weighted by Crippen LogP contribution is -2.49. The Morgan fingerprint density at radius 1 is 1.38 bits per heavy atom. The van der Waals surface area contributed by atoms with Crippen LogP contribution in [0.15, 0.2) is 0 Å². The highest BCUT2D eigenvalue weighted by Crippen LogP contribution is 2.21. The van der Waals surface area contributed by atoms with E-state index in [9.17, 15) is 9.59 Å². The molecule has 0 aliphatic carbocycles. The van der Waals surface area contributed by atoms with Crippen molar-refractivity contribution in [2.24, 2.45) is 12.8 Å². The van der Waals surface area contributed by atoms with Gasteiger partial charge in [-0.2, -0.15) is 5.10 Å². The fraction of sp³-hybridized carbons (Fsp3) is 0.615. The normalized spacial score (nSPS) is 15.1. The number of hydrogen-bond donors (Lipinski definition) is 2. The van der Waals surface area contributed by atoms with Gasteiger partial charge in [0.1, 0.15) is 11.4 Å². The monoisotopic (exact) mass is 294 g/mol. The molecule has 0 atom stereocenters. The lowest BCUT2D eigenvalue weighted by molar-refractivity contribution is -0.130. The number of primary amides is 1. The summed E-state index contributed by atoms with van der Waals surface area (Å²) in [5.41, 5.74) is 6.36. The average Bonchev–Trinajstić information content (AvgIpc) is 2.74. The Bertz CT molecular complexity index is 547. The highest BCUT2D eigenvalue weighted by molar-refractivity contribution is 5.99. The highest BCUT2D eigenvalue weighted by Gasteiger charge is 2.24. The number of anilines is 1. The van der Waals surface area contributed by atoms with Crippen LogP contribution >= 0.6 is 0 Å². The molecule has 0 bridgehead atoms. The number of likely N-dealkylation sites (N-methyl/N-ethyl adjacent to an activating group) is 1. The van der Waals surface area contributed by atoms with E-state index >= 15 is 0 Å². The van der Waals surface area contributed by atoms with Gasteiger partial charge in [-0.25, -0.2) is 0 Å². The van der Waals surface area contributed by atoms with Crippen LogP contribution in [0.2, 0.25) is 0 Å². The molecule has 8 heteroatoms. The molecule has 2 heterocycles. The Hall–Kier alpha value is -2.09. The fourth-order valence-corrected chi connectivity index (χ4v) is 2.66. The van der Waals surface area contributed by atoms with Gasteiger partial charge in [-0.05, 0) is 6.92 Å². The maximum Gasteiger partial charge on any atom is 0.254 e. The minimum atomic E-state index is -0.530. The Morgan fingerprint density at radius 3 is 2.57 bits per heavy atom. The molecule has 1 fully saturated rings. The second kappa shape index (κ2) is 6.13. The van der Waals surface area contributed by atoms with Crippen molar-refractivity contribution >= 4 is 17.6 Å². The first-order chi connectivity index (χ1) is 9.91. The highest BCUT2D eigenvalue weighted by atomic mass is 16.2. The smallest absolute Gasteiger partial charge is 0.254 e. The van der Waals surface area contributed by atoms with Crippen LogP contribution in [0.5, 0.6) is 0 Å². The number of carbonyl (C=O) groups excluding carboxylic acids is 2. The van der Waals surface area contributed by atoms with Crippen molar-refractivity contribution in [1.82, 2.24) is 20.0 Å². The second-order valence-corrected chi connectivity index (χ2v) is 5.26. The molecule has 0 spiro atoms. The summed E-state index contributed by atoms with van der Waals surface area (Å²) in [5, 5.41) is 7.42. The van der Waals surface area contributed by atoms with Crippen molar-refractivity contribution in [3.8, 4) is 0 Å². The maximum absolute atomic E-state index is 12.3. The molecule has 0 aromatic carbocycles. The zero-order valence-electron chi connectivity index (χ0n) is 12.7. The first-order valence-corrected chi connectivity index (χ1v) is 6.95. The molecular formula is C13H22N6O2. The van der Waals surface area contributed by atoms with E-state index in [2.05, 4.69) is 10.4 Å². The van der Waals surface area contributed by atoms with Crippen molar-refractivity contribution in [3.05, 3.63) is 11.3 Å². The van der Waals surface area contributed by atoms with E-state index in [0.717, 1.165) is 13.1 Å². The van der Waals surface area contributed by atoms with Gasteiger partial charge in [-0.3, -0.25) is 14.3 Å². The summed E-state index contributed by atoms with van der Waals surface area (Å²) in [6, 6.07) is 0. The number of carbonyl (C=O) groups is 2. The summed E-state index contributed by atoms with van der Waals surface area (Å²) in [5.74, 6) is 0.0776. The van der Waals surface area contributed by atoms with Gasteiger partial charge in [0.05, 0.1) is 12.2 Å². The summed E-state index contributed by atoms with van der Waals surface area (Å²) in [6.45, 7) is 4.97. The van der Waals surface area contributed by atoms with E-state index in [1.807, 2.05) is 4.90 Å². The summed E-state index contributed by atoms with van der Waals surface area (Å²) < 4.78 is 1.58. The number of nitrogens with two attached hydrogens (primary N) is 1. The molecule has 1 aliphatic heterocycles. The molecule has 2 rings (SSSR count). The quantitative estimate of drug-likeness (QED) is 0.719. The number of aromatic nitrogens is 2. The lowest BCUT2D eigenvalue weighted by atomic mass is 10.2. The van der Waals surface area contributed by atoms with Gasteiger partial charge in [-0.1, -0.05) is 0 Å². The van der Waals surface area contributed by atoms with Crippen molar-refractivity contribution < 1.29 is 9.59 Å². The van der Waals surface area contributed by atoms with Gasteiger partial charge in [0.25, 0.3) is 5.91 Å². The number of aryl methyl sites for hydroxylation is 2. The zero-order chi connectivity index (χ0) is 15.6. The molecule has 0 unspecified atom stereocenters. The standard InChI is InChI=1S/C13H22N6O2/c1-9-11(12(14)21)13(18(3)16-9)17(2)8-10(20)19-6-4-15-5-7-19/h15H,4-8H2,1-3H3,(H2,14,21). The van der Waals surface area contributed by atoms with Crippen LogP contribution < -0.4 is 16.0 Å². The Morgan fingerprint density at radius 2 is 2.00 bits per heavy atom. The van der Waals surface area contributed by atoms with Crippen LogP contribution in [0.25, 0.3) is 0 Å². The van der Waals surface area contributed by atoms with E-state index in [1.165, 1.54) is 0 Å². The van der Waals surface area contributed by atoms with Crippen LogP contribution in [0, 0.1) is 6.92 Å². The molecule has 2 amide bonds. The van der Waals surface area contributed by atoms with Crippen LogP contribution in [-0.4, -0.2) is 66.3 Å². The van der Waals surface area contributed by atoms with Gasteiger partial charge in [0.2, 0.25) is 5.91 Å². The average molecular weight is 294 g/mol. The SMILES string of the molecule is Cc1nn(C)c(N(C)CC(=O)N2CCNCC2)c1C(N)=O. The molecule has 1 saturated heterocycles. The second-order valence-electron chi connectivity index (χ2n) is 5.26. The Balaban J connectivity index is 2.14. The van der Waals surface area contributed by atoms with E-state index in [1.54, 1.807) is 30.6 Å². The molecule has 21 heavy (non-hydrogen) atoms. The van der Waals surface area contributed by atoms with Crippen LogP contribution in [0.3, 0.4) is 0 Å². The van der Waals surface area contributed by atoms with E-state index in [-0.39, 0.29) is 12.5 Å². The van der Waals surface area contributed by atoms with Crippen molar-refractivity contribution in [3.63, 3.8) is 0 Å². The van der Waals surface area contributed by atoms with E-state index in [4.69, 9.17) is 5.73 Å². The molecule has 1 aromatic heterocycles. The maximum atomic E-state index is 12.3. The Labute approximate surface area is 123 Å². The molecule has 116 valence electrons. The number of amides is 2. The summed E-state index contributed by atoms with van der Waals surface area (Å²) in [6.07, 6.45) is 0. The topological polar surface area (TPSA) is 96.5 Å². The Kier molecular flexibility index (Phi) is 4.46. The number of nitrogens with zero attached hydrogens (tertiary/aromatic N) is 4. The van der Waals surface area contributed by atoms with Crippen molar-refractivity contribution in [2.45, 2.75) is 6.92 Å². The molecule has 3 N–H and O–H groups in total. The minimum Gasteiger partial charge on any atom is -0.365 e. The fourth-order valence-electron chi connectivity index (χ4n) is 2.66. The summed E-state index contributed by atoms with van der Waals surface area (Å²) >= 11 is 0. The zero-order valence-corrected chi connectivity index (χ0v) is 12.7. The van der Waals surface area contributed by atoms with E-state index < -0.39 is 5.91 Å². The van der Waals surface area contributed by atoms with Crippen LogP contribution in [0.4, 0.5) is 5.82 Å². The lowest BCUT2D eigenvalue weighted by Gasteiger charge is -2.29. The molecule has 8 nitrogen and oxygen atoms in total. The van der Waals surface area contributed by atoms with Gasteiger partial charge >= 0.3 is 0 Å². The molecule has 0 radical (unpaired) electrons. The number of piperazine rings is 1. The minimum absolute atomic E-state index is 0.0354. The summed E-state index contributed by atoms with van der Waals surface area (Å²) in [7, 11) is 3.50. The third kappa shape index (κ3) is 3.15. The van der Waals surface area contributed by atoms with Crippen LogP contribution in [-0.2, 0) is 11.8 Å². The van der Waals surface area contributed by atoms with Crippen LogP contribution in [0.1, 0.15) is 16.1 Å².